The first-order chi connectivity index (χ1) is 21.8. The standard InChI is InChI=1S/C35H28ClN3O4S2/c1-21-7-9-23(10-8-21)20-44-35-38-37-34(45-35)39-30(24-11-15-27(36)16-12-24)29(32(41)33(39)42)31(40)25-13-17-28(18-14-25)43-19-26-6-4-3-5-22(26)2/h3-18,30,40H,19-20H2,1-2H3. The highest BCUT2D eigenvalue weighted by Gasteiger charge is 2.48. The number of aliphatic hydroxyl groups is 1. The van der Waals surface area contributed by atoms with E-state index in [9.17, 15) is 14.7 Å². The number of rotatable bonds is 9. The fourth-order valence-electron chi connectivity index (χ4n) is 4.98. The molecule has 7 nitrogen and oxygen atoms in total. The van der Waals surface area contributed by atoms with Gasteiger partial charge in [0, 0.05) is 16.3 Å². The lowest BCUT2D eigenvalue weighted by Crippen LogP contribution is -2.29. The largest absolute Gasteiger partial charge is 0.507 e. The molecule has 1 aromatic heterocycles. The molecule has 0 aliphatic carbocycles. The second-order valence-electron chi connectivity index (χ2n) is 10.6. The highest BCUT2D eigenvalue weighted by atomic mass is 35.5. The Morgan fingerprint density at radius 3 is 2.36 bits per heavy atom. The van der Waals surface area contributed by atoms with Gasteiger partial charge in [-0.05, 0) is 72.5 Å². The zero-order chi connectivity index (χ0) is 31.5. The molecule has 0 bridgehead atoms. The van der Waals surface area contributed by atoms with Gasteiger partial charge in [0.15, 0.2) is 4.34 Å². The number of ether oxygens (including phenoxy) is 1. The molecule has 1 N–H and O–H groups in total. The maximum absolute atomic E-state index is 13.5. The van der Waals surface area contributed by atoms with E-state index in [1.165, 1.54) is 33.6 Å². The summed E-state index contributed by atoms with van der Waals surface area (Å²) in [6.45, 7) is 4.46. The summed E-state index contributed by atoms with van der Waals surface area (Å²) in [6.07, 6.45) is 0. The second-order valence-corrected chi connectivity index (χ2v) is 13.2. The molecule has 1 amide bonds. The van der Waals surface area contributed by atoms with E-state index in [1.807, 2.05) is 38.1 Å². The van der Waals surface area contributed by atoms with Gasteiger partial charge in [0.05, 0.1) is 11.6 Å². The van der Waals surface area contributed by atoms with E-state index in [2.05, 4.69) is 34.5 Å². The molecule has 1 fully saturated rings. The molecule has 45 heavy (non-hydrogen) atoms. The number of amides is 1. The maximum atomic E-state index is 13.5. The van der Waals surface area contributed by atoms with Crippen molar-refractivity contribution in [2.45, 2.75) is 36.6 Å². The molecule has 2 heterocycles. The molecule has 1 aliphatic heterocycles. The van der Waals surface area contributed by atoms with Crippen molar-refractivity contribution in [2.75, 3.05) is 4.90 Å². The molecule has 10 heteroatoms. The fraction of sp³-hybridized carbons (Fsp3) is 0.143. The molecule has 1 unspecified atom stereocenters. The van der Waals surface area contributed by atoms with Crippen LogP contribution in [0, 0.1) is 13.8 Å². The van der Waals surface area contributed by atoms with Crippen molar-refractivity contribution in [3.63, 3.8) is 0 Å². The van der Waals surface area contributed by atoms with Crippen molar-refractivity contribution in [3.8, 4) is 5.75 Å². The van der Waals surface area contributed by atoms with E-state index in [0.717, 1.165) is 16.7 Å². The molecular weight excluding hydrogens is 626 g/mol. The second kappa shape index (κ2) is 13.3. The number of hydrogen-bond acceptors (Lipinski definition) is 8. The van der Waals surface area contributed by atoms with Crippen molar-refractivity contribution >= 4 is 57.3 Å². The van der Waals surface area contributed by atoms with Gasteiger partial charge in [0.25, 0.3) is 5.78 Å². The monoisotopic (exact) mass is 653 g/mol. The highest BCUT2D eigenvalue weighted by Crippen LogP contribution is 2.44. The van der Waals surface area contributed by atoms with Crippen molar-refractivity contribution in [2.24, 2.45) is 0 Å². The van der Waals surface area contributed by atoms with E-state index in [0.29, 0.717) is 38.6 Å². The number of benzene rings is 4. The number of aromatic nitrogens is 2. The third-order valence-corrected chi connectivity index (χ3v) is 9.88. The molecule has 0 radical (unpaired) electrons. The number of anilines is 1. The van der Waals surface area contributed by atoms with Gasteiger partial charge in [-0.15, -0.1) is 10.2 Å². The number of Topliss-reactive ketones (excluding diaryl/α,β-unsaturated/α-hetero) is 1. The van der Waals surface area contributed by atoms with Crippen LogP contribution in [0.1, 0.15) is 39.4 Å². The van der Waals surface area contributed by atoms with Crippen LogP contribution in [0.2, 0.25) is 5.02 Å². The SMILES string of the molecule is Cc1ccc(CSc2nnc(N3C(=O)C(=O)C(=C(O)c4ccc(OCc5ccccc5C)cc4)C3c3ccc(Cl)cc3)s2)cc1. The lowest BCUT2D eigenvalue weighted by Gasteiger charge is -2.22. The zero-order valence-corrected chi connectivity index (χ0v) is 26.8. The zero-order valence-electron chi connectivity index (χ0n) is 24.4. The minimum atomic E-state index is -0.929. The molecule has 1 aliphatic rings. The minimum Gasteiger partial charge on any atom is -0.507 e. The van der Waals surface area contributed by atoms with Gasteiger partial charge in [-0.3, -0.25) is 14.5 Å². The van der Waals surface area contributed by atoms with Gasteiger partial charge in [0.2, 0.25) is 5.13 Å². The van der Waals surface area contributed by atoms with Crippen LogP contribution in [-0.4, -0.2) is 27.0 Å². The summed E-state index contributed by atoms with van der Waals surface area (Å²) in [5.74, 6) is -0.606. The summed E-state index contributed by atoms with van der Waals surface area (Å²) < 4.78 is 6.60. The van der Waals surface area contributed by atoms with Crippen LogP contribution in [0.3, 0.4) is 0 Å². The molecule has 0 spiro atoms. The van der Waals surface area contributed by atoms with Crippen LogP contribution >= 0.6 is 34.7 Å². The summed E-state index contributed by atoms with van der Waals surface area (Å²) in [5, 5.41) is 20.9. The molecule has 5 aromatic rings. The molecule has 0 saturated carbocycles. The van der Waals surface area contributed by atoms with Crippen molar-refractivity contribution in [3.05, 3.63) is 141 Å². The molecular formula is C35H28ClN3O4S2. The van der Waals surface area contributed by atoms with Crippen molar-refractivity contribution in [1.82, 2.24) is 10.2 Å². The van der Waals surface area contributed by atoms with Gasteiger partial charge >= 0.3 is 5.91 Å². The Morgan fingerprint density at radius 1 is 0.933 bits per heavy atom. The Morgan fingerprint density at radius 2 is 1.64 bits per heavy atom. The minimum absolute atomic E-state index is 0.0417. The first kappa shape index (κ1) is 30.6. The number of nitrogens with zero attached hydrogens (tertiary/aromatic N) is 3. The van der Waals surface area contributed by atoms with Crippen LogP contribution in [-0.2, 0) is 21.9 Å². The number of carbonyl (C=O) groups excluding carboxylic acids is 2. The van der Waals surface area contributed by atoms with Gasteiger partial charge < -0.3 is 9.84 Å². The van der Waals surface area contributed by atoms with Crippen LogP contribution in [0.15, 0.2) is 107 Å². The van der Waals surface area contributed by atoms with Crippen LogP contribution in [0.5, 0.6) is 5.75 Å². The normalized spacial score (nSPS) is 15.9. The third kappa shape index (κ3) is 6.66. The summed E-state index contributed by atoms with van der Waals surface area (Å²) in [6, 6.07) is 28.9. The lowest BCUT2D eigenvalue weighted by atomic mass is 9.95. The first-order valence-electron chi connectivity index (χ1n) is 14.1. The summed E-state index contributed by atoms with van der Waals surface area (Å²) in [7, 11) is 0. The quantitative estimate of drug-likeness (QED) is 0.0562. The Hall–Kier alpha value is -4.44. The van der Waals surface area contributed by atoms with Gasteiger partial charge in [-0.25, -0.2) is 0 Å². The molecule has 4 aromatic carbocycles. The highest BCUT2D eigenvalue weighted by molar-refractivity contribution is 8.00. The van der Waals surface area contributed by atoms with E-state index in [1.54, 1.807) is 48.5 Å². The molecule has 1 saturated heterocycles. The van der Waals surface area contributed by atoms with Crippen molar-refractivity contribution < 1.29 is 19.4 Å². The number of thioether (sulfide) groups is 1. The van der Waals surface area contributed by atoms with Gasteiger partial charge in [-0.2, -0.15) is 0 Å². The molecule has 6 rings (SSSR count). The number of ketones is 1. The number of aryl methyl sites for hydroxylation is 2. The predicted molar refractivity (Wildman–Crippen MR) is 179 cm³/mol. The Labute approximate surface area is 274 Å². The smallest absolute Gasteiger partial charge is 0.301 e. The van der Waals surface area contributed by atoms with Crippen LogP contribution < -0.4 is 9.64 Å². The molecule has 226 valence electrons. The average molecular weight is 654 g/mol. The number of halogens is 1. The van der Waals surface area contributed by atoms with Gasteiger partial charge in [-0.1, -0.05) is 101 Å². The third-order valence-electron chi connectivity index (χ3n) is 7.50. The van der Waals surface area contributed by atoms with E-state index in [4.69, 9.17) is 16.3 Å². The Kier molecular flexibility index (Phi) is 9.02. The number of carbonyl (C=O) groups is 2. The Bertz CT molecular complexity index is 1890. The number of aliphatic hydroxyl groups excluding tert-OH is 1. The predicted octanol–water partition coefficient (Wildman–Crippen LogP) is 8.31. The maximum Gasteiger partial charge on any atom is 0.301 e. The first-order valence-corrected chi connectivity index (χ1v) is 16.3. The average Bonchev–Trinajstić information content (AvgIpc) is 3.62. The number of hydrogen-bond donors (Lipinski definition) is 1. The lowest BCUT2D eigenvalue weighted by molar-refractivity contribution is -0.132. The van der Waals surface area contributed by atoms with E-state index in [-0.39, 0.29) is 16.5 Å². The van der Waals surface area contributed by atoms with E-state index >= 15 is 0 Å². The van der Waals surface area contributed by atoms with Crippen molar-refractivity contribution in [1.29, 1.82) is 0 Å². The summed E-state index contributed by atoms with van der Waals surface area (Å²) >= 11 is 8.89. The van der Waals surface area contributed by atoms with Crippen LogP contribution in [0.4, 0.5) is 5.13 Å². The summed E-state index contributed by atoms with van der Waals surface area (Å²) in [5.41, 5.74) is 5.45. The van der Waals surface area contributed by atoms with Crippen LogP contribution in [0.25, 0.3) is 5.76 Å². The topological polar surface area (TPSA) is 92.6 Å². The van der Waals surface area contributed by atoms with E-state index < -0.39 is 17.7 Å². The molecule has 1 atom stereocenters. The Balaban J connectivity index is 1.29. The van der Waals surface area contributed by atoms with Gasteiger partial charge in [0.1, 0.15) is 18.1 Å². The summed E-state index contributed by atoms with van der Waals surface area (Å²) in [4.78, 5) is 28.4. The fourth-order valence-corrected chi connectivity index (χ4v) is 6.92.